The number of piperidine rings is 1. The van der Waals surface area contributed by atoms with Gasteiger partial charge in [0.05, 0.1) is 11.3 Å². The molecule has 12 heteroatoms. The maximum atomic E-state index is 13.6. The van der Waals surface area contributed by atoms with Crippen molar-refractivity contribution in [1.82, 2.24) is 14.9 Å². The second-order valence-corrected chi connectivity index (χ2v) is 11.2. The van der Waals surface area contributed by atoms with Gasteiger partial charge in [0.15, 0.2) is 0 Å². The van der Waals surface area contributed by atoms with Crippen LogP contribution in [0.2, 0.25) is 0 Å². The number of aromatic nitrogens is 2. The van der Waals surface area contributed by atoms with Crippen LogP contribution in [0.1, 0.15) is 19.8 Å². The molecule has 0 saturated carbocycles. The highest BCUT2D eigenvalue weighted by Crippen LogP contribution is 2.32. The molecule has 2 aliphatic heterocycles. The maximum absolute atomic E-state index is 13.6. The molecule has 7 nitrogen and oxygen atoms in total. The van der Waals surface area contributed by atoms with Crippen LogP contribution in [-0.2, 0) is 10.8 Å². The van der Waals surface area contributed by atoms with E-state index in [0.717, 1.165) is 25.3 Å². The number of piperazine rings is 1. The summed E-state index contributed by atoms with van der Waals surface area (Å²) in [6.45, 7) is 7.36. The molecule has 210 valence electrons. The van der Waals surface area contributed by atoms with E-state index >= 15 is 0 Å². The summed E-state index contributed by atoms with van der Waals surface area (Å²) in [6, 6.07) is 7.89. The molecule has 0 amide bonds. The molecule has 2 fully saturated rings. The van der Waals surface area contributed by atoms with Gasteiger partial charge in [0.2, 0.25) is 5.95 Å². The monoisotopic (exact) mass is 564 g/mol. The summed E-state index contributed by atoms with van der Waals surface area (Å²) in [5.74, 6) is 0.705. The Hall–Kier alpha value is -3.28. The zero-order valence-electron chi connectivity index (χ0n) is 22.0. The molecule has 4 rings (SSSR count). The zero-order valence-corrected chi connectivity index (χ0v) is 22.8. The molecule has 2 aliphatic rings. The summed E-state index contributed by atoms with van der Waals surface area (Å²) in [6.07, 6.45) is 1.37. The molecule has 2 saturated heterocycles. The van der Waals surface area contributed by atoms with Crippen molar-refractivity contribution in [3.05, 3.63) is 60.2 Å². The fraction of sp³-hybridized carbons (Fsp3) is 0.444. The van der Waals surface area contributed by atoms with Gasteiger partial charge in [-0.2, -0.15) is 18.2 Å². The van der Waals surface area contributed by atoms with Crippen LogP contribution in [0.5, 0.6) is 0 Å². The van der Waals surface area contributed by atoms with Crippen LogP contribution >= 0.6 is 0 Å². The summed E-state index contributed by atoms with van der Waals surface area (Å²) in [7, 11) is -0.892. The second kappa shape index (κ2) is 12.3. The van der Waals surface area contributed by atoms with Gasteiger partial charge >= 0.3 is 6.18 Å². The van der Waals surface area contributed by atoms with Crippen LogP contribution in [0.3, 0.4) is 0 Å². The van der Waals surface area contributed by atoms with E-state index in [4.69, 9.17) is 9.97 Å². The third kappa shape index (κ3) is 7.03. The van der Waals surface area contributed by atoms with E-state index in [1.165, 1.54) is 24.4 Å². The Bertz CT molecular complexity index is 1250. The number of rotatable bonds is 7. The quantitative estimate of drug-likeness (QED) is 0.356. The van der Waals surface area contributed by atoms with Gasteiger partial charge in [-0.25, -0.2) is 14.4 Å². The number of nitrogens with zero attached hydrogens (tertiary/aromatic N) is 6. The Kier molecular flexibility index (Phi) is 9.04. The summed E-state index contributed by atoms with van der Waals surface area (Å²) < 4.78 is 66.0. The Labute approximate surface area is 228 Å². The summed E-state index contributed by atoms with van der Waals surface area (Å²) in [4.78, 5) is 19.3. The highest BCUT2D eigenvalue weighted by Gasteiger charge is 2.35. The van der Waals surface area contributed by atoms with Gasteiger partial charge in [-0.05, 0) is 44.0 Å². The van der Waals surface area contributed by atoms with E-state index < -0.39 is 22.5 Å². The number of halogens is 4. The Morgan fingerprint density at radius 3 is 2.26 bits per heavy atom. The van der Waals surface area contributed by atoms with Crippen molar-refractivity contribution < 1.29 is 21.8 Å². The third-order valence-electron chi connectivity index (χ3n) is 7.00. The molecule has 1 unspecified atom stereocenters. The van der Waals surface area contributed by atoms with Gasteiger partial charge in [0.1, 0.15) is 17.5 Å². The molecule has 1 atom stereocenters. The summed E-state index contributed by atoms with van der Waals surface area (Å²) in [5.41, 5.74) is 0.602. The van der Waals surface area contributed by atoms with Gasteiger partial charge in [0, 0.05) is 79.4 Å². The molecular weight excluding hydrogens is 532 g/mol. The third-order valence-corrected chi connectivity index (χ3v) is 8.41. The first kappa shape index (κ1) is 28.7. The van der Waals surface area contributed by atoms with E-state index in [9.17, 15) is 21.8 Å². The first-order chi connectivity index (χ1) is 18.6. The van der Waals surface area contributed by atoms with Gasteiger partial charge in [0.25, 0.3) is 0 Å². The van der Waals surface area contributed by atoms with Gasteiger partial charge in [-0.3, -0.25) is 4.21 Å². The predicted molar refractivity (Wildman–Crippen MR) is 148 cm³/mol. The highest BCUT2D eigenvalue weighted by molar-refractivity contribution is 7.84. The Morgan fingerprint density at radius 2 is 1.69 bits per heavy atom. The molecule has 1 aromatic carbocycles. The lowest BCUT2D eigenvalue weighted by molar-refractivity contribution is -0.0935. The molecule has 0 N–H and O–H groups in total. The number of alkyl halides is 3. The minimum absolute atomic E-state index is 0.117. The van der Waals surface area contributed by atoms with Crippen molar-refractivity contribution in [1.29, 1.82) is 0 Å². The predicted octanol–water partition coefficient (Wildman–Crippen LogP) is 4.80. The second-order valence-electron chi connectivity index (χ2n) is 9.54. The van der Waals surface area contributed by atoms with Crippen molar-refractivity contribution in [3.63, 3.8) is 0 Å². The Balaban J connectivity index is 1.60. The van der Waals surface area contributed by atoms with Crippen LogP contribution in [0.15, 0.2) is 59.4 Å². The van der Waals surface area contributed by atoms with Crippen molar-refractivity contribution in [2.75, 3.05) is 55.3 Å². The molecule has 0 spiro atoms. The molecule has 2 aromatic rings. The maximum Gasteiger partial charge on any atom is 0.415 e. The van der Waals surface area contributed by atoms with Gasteiger partial charge in [-0.15, -0.1) is 0 Å². The molecule has 0 bridgehead atoms. The van der Waals surface area contributed by atoms with E-state index in [0.29, 0.717) is 56.7 Å². The van der Waals surface area contributed by atoms with Crippen LogP contribution < -0.4 is 9.80 Å². The molecule has 0 radical (unpaired) electrons. The normalized spacial score (nSPS) is 18.9. The fourth-order valence-corrected chi connectivity index (χ4v) is 5.57. The first-order valence-electron chi connectivity index (χ1n) is 12.7. The number of allylic oxidation sites excluding steroid dienone is 2. The zero-order chi connectivity index (χ0) is 28.2. The lowest BCUT2D eigenvalue weighted by atomic mass is 10.1. The van der Waals surface area contributed by atoms with Crippen molar-refractivity contribution in [2.45, 2.75) is 31.2 Å². The molecule has 39 heavy (non-hydrogen) atoms. The van der Waals surface area contributed by atoms with Crippen molar-refractivity contribution in [2.24, 2.45) is 4.99 Å². The van der Waals surface area contributed by atoms with Crippen LogP contribution in [-0.4, -0.2) is 82.2 Å². The number of benzene rings is 1. The molecule has 3 heterocycles. The van der Waals surface area contributed by atoms with E-state index in [-0.39, 0.29) is 16.9 Å². The fourth-order valence-electron chi connectivity index (χ4n) is 4.69. The van der Waals surface area contributed by atoms with Crippen molar-refractivity contribution in [3.8, 4) is 11.3 Å². The average Bonchev–Trinajstić information content (AvgIpc) is 2.93. The molecule has 1 aromatic heterocycles. The van der Waals surface area contributed by atoms with Crippen molar-refractivity contribution >= 4 is 28.8 Å². The van der Waals surface area contributed by atoms with E-state index in [1.54, 1.807) is 23.3 Å². The topological polar surface area (TPSA) is 64.9 Å². The SMILES string of the molecule is C=C/C=N\C(=C(/C)C(F)(F)F)N1CCN(c2cc(-c3ccc(F)cc3)nc(N3CCC(S(C)=O)CC3)n2)CC1. The minimum Gasteiger partial charge on any atom is -0.353 e. The standard InChI is InChI=1S/C27H32F4N6OS/c1-4-11-32-25(19(2)27(29,30)31)36-16-14-35(15-17-36)24-18-23(20-5-7-21(28)8-6-20)33-26(34-24)37-12-9-22(10-13-37)39(3)38/h4-8,11,18,22H,1,9-10,12-17H2,2-3H3/b25-19-,32-11-. The minimum atomic E-state index is -4.49. The number of aliphatic imine (C=N–C) groups is 1. The lowest BCUT2D eigenvalue weighted by Crippen LogP contribution is -2.46. The largest absolute Gasteiger partial charge is 0.415 e. The summed E-state index contributed by atoms with van der Waals surface area (Å²) in [5, 5.41) is 0.139. The Morgan fingerprint density at radius 1 is 1.05 bits per heavy atom. The molecule has 0 aliphatic carbocycles. The average molecular weight is 565 g/mol. The number of hydrogen-bond donors (Lipinski definition) is 0. The van der Waals surface area contributed by atoms with Crippen LogP contribution in [0.4, 0.5) is 29.3 Å². The summed E-state index contributed by atoms with van der Waals surface area (Å²) >= 11 is 0. The number of anilines is 2. The van der Waals surface area contributed by atoms with Gasteiger partial charge < -0.3 is 14.7 Å². The van der Waals surface area contributed by atoms with Crippen LogP contribution in [0, 0.1) is 5.82 Å². The van der Waals surface area contributed by atoms with Crippen LogP contribution in [0.25, 0.3) is 11.3 Å². The smallest absolute Gasteiger partial charge is 0.353 e. The number of hydrogen-bond acceptors (Lipinski definition) is 7. The first-order valence-corrected chi connectivity index (χ1v) is 14.3. The lowest BCUT2D eigenvalue weighted by Gasteiger charge is -2.38. The van der Waals surface area contributed by atoms with Gasteiger partial charge in [-0.1, -0.05) is 12.7 Å². The van der Waals surface area contributed by atoms with E-state index in [1.807, 2.05) is 11.0 Å². The van der Waals surface area contributed by atoms with E-state index in [2.05, 4.69) is 16.5 Å². The highest BCUT2D eigenvalue weighted by atomic mass is 32.2. The molecular formula is C27H32F4N6OS.